The number of hydrogen-bond donors (Lipinski definition) is 0. The highest BCUT2D eigenvalue weighted by atomic mass is 19.4. The van der Waals surface area contributed by atoms with E-state index in [2.05, 4.69) is 9.84 Å². The first-order valence-corrected chi connectivity index (χ1v) is 7.38. The molecule has 0 bridgehead atoms. The molecule has 126 valence electrons. The molecule has 1 aromatic heterocycles. The van der Waals surface area contributed by atoms with Gasteiger partial charge in [0.05, 0.1) is 23.9 Å². The second kappa shape index (κ2) is 6.53. The standard InChI is InChI=1S/C16H14F3N3O2/c17-16(18,19)24-15-7-11(8-20)1-2-14(15)12-9-21-22(10-12)13-3-5-23-6-4-13/h1-2,7,9-10,13H,3-6H2. The predicted molar refractivity (Wildman–Crippen MR) is 78.2 cm³/mol. The Morgan fingerprint density at radius 3 is 2.71 bits per heavy atom. The van der Waals surface area contributed by atoms with Crippen molar-refractivity contribution in [2.75, 3.05) is 13.2 Å². The summed E-state index contributed by atoms with van der Waals surface area (Å²) in [5.74, 6) is -0.409. The average Bonchev–Trinajstić information content (AvgIpc) is 3.04. The molecule has 24 heavy (non-hydrogen) atoms. The molecule has 1 aliphatic rings. The Hall–Kier alpha value is -2.53. The van der Waals surface area contributed by atoms with Crippen LogP contribution in [0.3, 0.4) is 0 Å². The third kappa shape index (κ3) is 3.68. The lowest BCUT2D eigenvalue weighted by Crippen LogP contribution is -2.19. The summed E-state index contributed by atoms with van der Waals surface area (Å²) in [4.78, 5) is 0. The average molecular weight is 337 g/mol. The van der Waals surface area contributed by atoms with E-state index in [0.29, 0.717) is 18.8 Å². The normalized spacial score (nSPS) is 15.9. The van der Waals surface area contributed by atoms with E-state index >= 15 is 0 Å². The van der Waals surface area contributed by atoms with Crippen LogP contribution < -0.4 is 4.74 Å². The molecule has 8 heteroatoms. The van der Waals surface area contributed by atoms with Crippen LogP contribution in [-0.2, 0) is 4.74 Å². The van der Waals surface area contributed by atoms with Gasteiger partial charge in [-0.1, -0.05) is 0 Å². The van der Waals surface area contributed by atoms with E-state index in [0.717, 1.165) is 18.9 Å². The van der Waals surface area contributed by atoms with Crippen molar-refractivity contribution in [2.45, 2.75) is 25.2 Å². The third-order valence-electron chi connectivity index (χ3n) is 3.81. The Kier molecular flexibility index (Phi) is 4.44. The van der Waals surface area contributed by atoms with Crippen molar-refractivity contribution in [3.63, 3.8) is 0 Å². The summed E-state index contributed by atoms with van der Waals surface area (Å²) < 4.78 is 49.0. The summed E-state index contributed by atoms with van der Waals surface area (Å²) in [6.07, 6.45) is -0.0268. The minimum Gasteiger partial charge on any atom is -0.405 e. The van der Waals surface area contributed by atoms with Gasteiger partial charge in [0.15, 0.2) is 0 Å². The summed E-state index contributed by atoms with van der Waals surface area (Å²) in [7, 11) is 0. The van der Waals surface area contributed by atoms with Gasteiger partial charge in [-0.15, -0.1) is 13.2 Å². The van der Waals surface area contributed by atoms with Gasteiger partial charge in [-0.05, 0) is 31.0 Å². The van der Waals surface area contributed by atoms with Crippen LogP contribution in [0.5, 0.6) is 5.75 Å². The quantitative estimate of drug-likeness (QED) is 0.857. The second-order valence-electron chi connectivity index (χ2n) is 5.42. The molecule has 0 unspecified atom stereocenters. The van der Waals surface area contributed by atoms with Crippen LogP contribution in [0.15, 0.2) is 30.6 Å². The van der Waals surface area contributed by atoms with Gasteiger partial charge in [0.25, 0.3) is 0 Å². The SMILES string of the molecule is N#Cc1ccc(-c2cnn(C3CCOCC3)c2)c(OC(F)(F)F)c1. The Morgan fingerprint density at radius 2 is 2.04 bits per heavy atom. The third-order valence-corrected chi connectivity index (χ3v) is 3.81. The van der Waals surface area contributed by atoms with E-state index < -0.39 is 12.1 Å². The number of rotatable bonds is 3. The van der Waals surface area contributed by atoms with Gasteiger partial charge in [0.1, 0.15) is 5.75 Å². The van der Waals surface area contributed by atoms with Gasteiger partial charge >= 0.3 is 6.36 Å². The van der Waals surface area contributed by atoms with Gasteiger partial charge in [-0.25, -0.2) is 0 Å². The summed E-state index contributed by atoms with van der Waals surface area (Å²) in [6.45, 7) is 1.28. The van der Waals surface area contributed by atoms with Crippen LogP contribution in [0.4, 0.5) is 13.2 Å². The van der Waals surface area contributed by atoms with Crippen LogP contribution >= 0.6 is 0 Å². The van der Waals surface area contributed by atoms with Crippen molar-refractivity contribution < 1.29 is 22.6 Å². The number of benzene rings is 1. The Balaban J connectivity index is 1.93. The molecule has 1 saturated heterocycles. The lowest BCUT2D eigenvalue weighted by Gasteiger charge is -2.22. The first-order chi connectivity index (χ1) is 11.5. The van der Waals surface area contributed by atoms with Crippen LogP contribution in [0.25, 0.3) is 11.1 Å². The van der Waals surface area contributed by atoms with E-state index in [4.69, 9.17) is 10.00 Å². The molecule has 5 nitrogen and oxygen atoms in total. The molecule has 2 aromatic rings. The fourth-order valence-corrected chi connectivity index (χ4v) is 2.67. The first kappa shape index (κ1) is 16.3. The molecule has 0 amide bonds. The predicted octanol–water partition coefficient (Wildman–Crippen LogP) is 3.67. The number of halogens is 3. The molecular formula is C16H14F3N3O2. The molecule has 2 heterocycles. The molecule has 0 N–H and O–H groups in total. The molecule has 3 rings (SSSR count). The van der Waals surface area contributed by atoms with Crippen molar-refractivity contribution in [1.82, 2.24) is 9.78 Å². The highest BCUT2D eigenvalue weighted by Crippen LogP contribution is 2.35. The zero-order valence-electron chi connectivity index (χ0n) is 12.6. The highest BCUT2D eigenvalue weighted by molar-refractivity contribution is 5.70. The largest absolute Gasteiger partial charge is 0.573 e. The zero-order chi connectivity index (χ0) is 17.2. The molecule has 0 saturated carbocycles. The topological polar surface area (TPSA) is 60.1 Å². The number of aromatic nitrogens is 2. The van der Waals surface area contributed by atoms with Crippen molar-refractivity contribution >= 4 is 0 Å². The zero-order valence-corrected chi connectivity index (χ0v) is 12.6. The van der Waals surface area contributed by atoms with Gasteiger partial charge in [-0.2, -0.15) is 10.4 Å². The molecule has 0 radical (unpaired) electrons. The number of nitrogens with zero attached hydrogens (tertiary/aromatic N) is 3. The molecule has 1 aromatic carbocycles. The van der Waals surface area contributed by atoms with E-state index in [9.17, 15) is 13.2 Å². The molecule has 0 aliphatic carbocycles. The van der Waals surface area contributed by atoms with E-state index in [1.165, 1.54) is 18.3 Å². The van der Waals surface area contributed by atoms with E-state index in [1.807, 2.05) is 0 Å². The van der Waals surface area contributed by atoms with Crippen LogP contribution in [0.2, 0.25) is 0 Å². The van der Waals surface area contributed by atoms with Crippen molar-refractivity contribution in [3.8, 4) is 22.9 Å². The number of ether oxygens (including phenoxy) is 2. The molecule has 0 spiro atoms. The van der Waals surface area contributed by atoms with Gasteiger partial charge in [0, 0.05) is 30.5 Å². The number of alkyl halides is 3. The lowest BCUT2D eigenvalue weighted by atomic mass is 10.1. The Morgan fingerprint density at radius 1 is 1.29 bits per heavy atom. The maximum atomic E-state index is 12.6. The monoisotopic (exact) mass is 337 g/mol. The smallest absolute Gasteiger partial charge is 0.405 e. The minimum atomic E-state index is -4.83. The van der Waals surface area contributed by atoms with E-state index in [-0.39, 0.29) is 17.2 Å². The summed E-state index contributed by atoms with van der Waals surface area (Å²) in [5.41, 5.74) is 0.838. The second-order valence-corrected chi connectivity index (χ2v) is 5.42. The van der Waals surface area contributed by atoms with Crippen LogP contribution in [0, 0.1) is 11.3 Å². The van der Waals surface area contributed by atoms with Gasteiger partial charge < -0.3 is 9.47 Å². The Labute approximate surface area is 136 Å². The summed E-state index contributed by atoms with van der Waals surface area (Å²) in [6, 6.07) is 5.93. The lowest BCUT2D eigenvalue weighted by molar-refractivity contribution is -0.274. The number of hydrogen-bond acceptors (Lipinski definition) is 4. The molecule has 1 fully saturated rings. The molecule has 0 atom stereocenters. The highest BCUT2D eigenvalue weighted by Gasteiger charge is 2.32. The van der Waals surface area contributed by atoms with Crippen molar-refractivity contribution in [2.24, 2.45) is 0 Å². The van der Waals surface area contributed by atoms with Crippen molar-refractivity contribution in [3.05, 3.63) is 36.2 Å². The molecule has 1 aliphatic heterocycles. The molecular weight excluding hydrogens is 323 g/mol. The first-order valence-electron chi connectivity index (χ1n) is 7.38. The maximum Gasteiger partial charge on any atom is 0.573 e. The number of nitriles is 1. The van der Waals surface area contributed by atoms with E-state index in [1.54, 1.807) is 16.9 Å². The fraction of sp³-hybridized carbons (Fsp3) is 0.375. The fourth-order valence-electron chi connectivity index (χ4n) is 2.67. The minimum absolute atomic E-state index is 0.0924. The maximum absolute atomic E-state index is 12.6. The summed E-state index contributed by atoms with van der Waals surface area (Å²) in [5, 5.41) is 13.1. The van der Waals surface area contributed by atoms with Gasteiger partial charge in [0.2, 0.25) is 0 Å². The van der Waals surface area contributed by atoms with Crippen molar-refractivity contribution in [1.29, 1.82) is 5.26 Å². The van der Waals surface area contributed by atoms with Crippen LogP contribution in [-0.4, -0.2) is 29.4 Å². The van der Waals surface area contributed by atoms with Gasteiger partial charge in [-0.3, -0.25) is 4.68 Å². The Bertz CT molecular complexity index is 759. The van der Waals surface area contributed by atoms with Crippen LogP contribution in [0.1, 0.15) is 24.4 Å². The summed E-state index contributed by atoms with van der Waals surface area (Å²) >= 11 is 0.